The lowest BCUT2D eigenvalue weighted by atomic mass is 10.0. The number of sulfonamides is 1. The average Bonchev–Trinajstić information content (AvgIpc) is 3.00. The van der Waals surface area contributed by atoms with Gasteiger partial charge in [0.1, 0.15) is 6.04 Å². The number of hydrogen-bond acceptors (Lipinski definition) is 5. The normalized spacial score (nSPS) is 15.2. The van der Waals surface area contributed by atoms with Crippen LogP contribution in [0.3, 0.4) is 0 Å². The van der Waals surface area contributed by atoms with Gasteiger partial charge < -0.3 is 20.3 Å². The molecule has 0 bridgehead atoms. The van der Waals surface area contributed by atoms with E-state index in [4.69, 9.17) is 4.74 Å². The van der Waals surface area contributed by atoms with E-state index in [2.05, 4.69) is 15.4 Å². The van der Waals surface area contributed by atoms with Gasteiger partial charge in [-0.1, -0.05) is 78.9 Å². The maximum absolute atomic E-state index is 13.4. The number of rotatable bonds is 12. The van der Waals surface area contributed by atoms with Gasteiger partial charge in [-0.05, 0) is 36.1 Å². The van der Waals surface area contributed by atoms with Crippen LogP contribution in [0, 0.1) is 0 Å². The van der Waals surface area contributed by atoms with Gasteiger partial charge in [-0.15, -0.1) is 0 Å². The SMILES string of the molecule is O=C(NCC(CCc1ccccc1)NS(=O)(=O)c1ccccc1)[C@H](Cc1ccccc1)NC(=O)N1CCOCC1. The van der Waals surface area contributed by atoms with Crippen LogP contribution in [0.2, 0.25) is 0 Å². The summed E-state index contributed by atoms with van der Waals surface area (Å²) in [5.41, 5.74) is 1.97. The molecule has 2 atom stereocenters. The van der Waals surface area contributed by atoms with Crippen LogP contribution in [0.1, 0.15) is 17.5 Å². The summed E-state index contributed by atoms with van der Waals surface area (Å²) in [4.78, 5) is 28.2. The fraction of sp³-hybridized carbons (Fsp3) is 0.333. The Morgan fingerprint density at radius 3 is 2.02 bits per heavy atom. The van der Waals surface area contributed by atoms with Crippen LogP contribution >= 0.6 is 0 Å². The summed E-state index contributed by atoms with van der Waals surface area (Å²) in [7, 11) is -3.80. The standard InChI is InChI=1S/C30H36N4O5S/c35-29(28(22-25-12-6-2-7-13-25)32-30(36)34-18-20-39-21-19-34)31-23-26(17-16-24-10-4-1-5-11-24)33-40(37,38)27-14-8-3-9-15-27/h1-15,26,28,33H,16-23H2,(H,31,35)(H,32,36)/t26?,28-/m0/s1. The summed E-state index contributed by atoms with van der Waals surface area (Å²) in [6.07, 6.45) is 1.40. The van der Waals surface area contributed by atoms with Crippen molar-refractivity contribution in [1.82, 2.24) is 20.3 Å². The van der Waals surface area contributed by atoms with Crippen LogP contribution in [0.5, 0.6) is 0 Å². The molecule has 3 amide bonds. The summed E-state index contributed by atoms with van der Waals surface area (Å²) in [5.74, 6) is -0.380. The number of morpholine rings is 1. The summed E-state index contributed by atoms with van der Waals surface area (Å²) >= 11 is 0. The van der Waals surface area contributed by atoms with E-state index >= 15 is 0 Å². The molecule has 0 aromatic heterocycles. The van der Waals surface area contributed by atoms with Gasteiger partial charge in [-0.25, -0.2) is 17.9 Å². The van der Waals surface area contributed by atoms with E-state index in [1.54, 1.807) is 23.1 Å². The van der Waals surface area contributed by atoms with Crippen molar-refractivity contribution in [2.75, 3.05) is 32.8 Å². The van der Waals surface area contributed by atoms with Gasteiger partial charge in [0, 0.05) is 32.1 Å². The average molecular weight is 565 g/mol. The van der Waals surface area contributed by atoms with Crippen molar-refractivity contribution in [3.05, 3.63) is 102 Å². The van der Waals surface area contributed by atoms with Crippen molar-refractivity contribution >= 4 is 22.0 Å². The molecule has 9 nitrogen and oxygen atoms in total. The maximum Gasteiger partial charge on any atom is 0.318 e. The molecular formula is C30H36N4O5S. The molecule has 0 spiro atoms. The topological polar surface area (TPSA) is 117 Å². The van der Waals surface area contributed by atoms with Gasteiger partial charge in [-0.3, -0.25) is 4.79 Å². The first-order valence-electron chi connectivity index (χ1n) is 13.5. The van der Waals surface area contributed by atoms with Crippen LogP contribution in [-0.2, 0) is 32.4 Å². The molecule has 4 rings (SSSR count). The summed E-state index contributed by atoms with van der Waals surface area (Å²) < 4.78 is 34.3. The number of carbonyl (C=O) groups is 2. The van der Waals surface area contributed by atoms with Gasteiger partial charge >= 0.3 is 6.03 Å². The molecule has 1 aliphatic heterocycles. The van der Waals surface area contributed by atoms with E-state index in [9.17, 15) is 18.0 Å². The molecule has 10 heteroatoms. The Bertz CT molecular complexity index is 1320. The smallest absolute Gasteiger partial charge is 0.318 e. The second-order valence-corrected chi connectivity index (χ2v) is 11.4. The molecular weight excluding hydrogens is 528 g/mol. The Hall–Kier alpha value is -3.73. The highest BCUT2D eigenvalue weighted by atomic mass is 32.2. The third kappa shape index (κ3) is 8.90. The fourth-order valence-electron chi connectivity index (χ4n) is 4.49. The van der Waals surface area contributed by atoms with E-state index in [-0.39, 0.29) is 23.4 Å². The molecule has 1 saturated heterocycles. The summed E-state index contributed by atoms with van der Waals surface area (Å²) in [5, 5.41) is 5.77. The molecule has 3 aromatic rings. The van der Waals surface area contributed by atoms with Gasteiger partial charge in [0.2, 0.25) is 15.9 Å². The predicted molar refractivity (Wildman–Crippen MR) is 153 cm³/mol. The van der Waals surface area contributed by atoms with Gasteiger partial charge in [0.15, 0.2) is 0 Å². The summed E-state index contributed by atoms with van der Waals surface area (Å²) in [6.45, 7) is 1.88. The minimum atomic E-state index is -3.80. The van der Waals surface area contributed by atoms with Crippen LogP contribution < -0.4 is 15.4 Å². The molecule has 0 saturated carbocycles. The first kappa shape index (κ1) is 29.3. The number of nitrogens with one attached hydrogen (secondary N) is 3. The quantitative estimate of drug-likeness (QED) is 0.313. The van der Waals surface area contributed by atoms with E-state index in [0.29, 0.717) is 45.6 Å². The maximum atomic E-state index is 13.4. The monoisotopic (exact) mass is 564 g/mol. The molecule has 0 radical (unpaired) electrons. The van der Waals surface area contributed by atoms with Crippen LogP contribution in [-0.4, -0.2) is 70.2 Å². The second-order valence-electron chi connectivity index (χ2n) is 9.69. The van der Waals surface area contributed by atoms with E-state index < -0.39 is 22.1 Å². The van der Waals surface area contributed by atoms with E-state index in [1.165, 1.54) is 12.1 Å². The van der Waals surface area contributed by atoms with Crippen LogP contribution in [0.25, 0.3) is 0 Å². The highest BCUT2D eigenvalue weighted by molar-refractivity contribution is 7.89. The first-order chi connectivity index (χ1) is 19.4. The molecule has 1 aliphatic rings. The van der Waals surface area contributed by atoms with Gasteiger partial charge in [0.05, 0.1) is 18.1 Å². The summed E-state index contributed by atoms with van der Waals surface area (Å²) in [6, 6.07) is 25.6. The zero-order valence-electron chi connectivity index (χ0n) is 22.4. The molecule has 1 heterocycles. The van der Waals surface area contributed by atoms with Crippen molar-refractivity contribution in [3.63, 3.8) is 0 Å². The molecule has 3 N–H and O–H groups in total. The molecule has 40 heavy (non-hydrogen) atoms. The molecule has 1 unspecified atom stereocenters. The Kier molecular flexibility index (Phi) is 10.7. The first-order valence-corrected chi connectivity index (χ1v) is 14.9. The Morgan fingerprint density at radius 2 is 1.40 bits per heavy atom. The molecule has 212 valence electrons. The second kappa shape index (κ2) is 14.6. The number of hydrogen-bond donors (Lipinski definition) is 3. The zero-order chi connectivity index (χ0) is 28.2. The Morgan fingerprint density at radius 1 is 0.825 bits per heavy atom. The van der Waals surface area contributed by atoms with Gasteiger partial charge in [-0.2, -0.15) is 0 Å². The van der Waals surface area contributed by atoms with Crippen LogP contribution in [0.4, 0.5) is 4.79 Å². The van der Waals surface area contributed by atoms with Crippen molar-refractivity contribution in [3.8, 4) is 0 Å². The highest BCUT2D eigenvalue weighted by Crippen LogP contribution is 2.12. The Labute approximate surface area is 236 Å². The number of carbonyl (C=O) groups excluding carboxylic acids is 2. The minimum absolute atomic E-state index is 0.0659. The zero-order valence-corrected chi connectivity index (χ0v) is 23.2. The lowest BCUT2D eigenvalue weighted by Crippen LogP contribution is -2.55. The highest BCUT2D eigenvalue weighted by Gasteiger charge is 2.27. The minimum Gasteiger partial charge on any atom is -0.378 e. The number of aryl methyl sites for hydroxylation is 1. The number of ether oxygens (including phenoxy) is 1. The van der Waals surface area contributed by atoms with E-state index in [1.807, 2.05) is 60.7 Å². The largest absolute Gasteiger partial charge is 0.378 e. The van der Waals surface area contributed by atoms with Crippen LogP contribution in [0.15, 0.2) is 95.9 Å². The third-order valence-corrected chi connectivity index (χ3v) is 8.25. The Balaban J connectivity index is 1.46. The predicted octanol–water partition coefficient (Wildman–Crippen LogP) is 2.74. The number of amides is 3. The number of urea groups is 1. The third-order valence-electron chi connectivity index (χ3n) is 6.72. The fourth-order valence-corrected chi connectivity index (χ4v) is 5.78. The lowest BCUT2D eigenvalue weighted by Gasteiger charge is -2.29. The number of benzene rings is 3. The molecule has 0 aliphatic carbocycles. The molecule has 3 aromatic carbocycles. The van der Waals surface area contributed by atoms with Crippen molar-refractivity contribution < 1.29 is 22.7 Å². The van der Waals surface area contributed by atoms with Gasteiger partial charge in [0.25, 0.3) is 0 Å². The van der Waals surface area contributed by atoms with Crippen molar-refractivity contribution in [2.45, 2.75) is 36.2 Å². The van der Waals surface area contributed by atoms with Crippen molar-refractivity contribution in [2.24, 2.45) is 0 Å². The van der Waals surface area contributed by atoms with Crippen molar-refractivity contribution in [1.29, 1.82) is 0 Å². The molecule has 1 fully saturated rings. The number of nitrogens with zero attached hydrogens (tertiary/aromatic N) is 1. The lowest BCUT2D eigenvalue weighted by molar-refractivity contribution is -0.123. The van der Waals surface area contributed by atoms with E-state index in [0.717, 1.165) is 11.1 Å².